The molecule has 1 rings (SSSR count). The molecular formula is C14H26N2. The smallest absolute Gasteiger partial charge is 0.0375 e. The van der Waals surface area contributed by atoms with Crippen LogP contribution in [0.25, 0.3) is 0 Å². The van der Waals surface area contributed by atoms with Gasteiger partial charge in [-0.25, -0.2) is 0 Å². The van der Waals surface area contributed by atoms with Gasteiger partial charge in [0.05, 0.1) is 0 Å². The summed E-state index contributed by atoms with van der Waals surface area (Å²) < 4.78 is 0. The molecule has 1 aromatic carbocycles. The minimum atomic E-state index is 0. The summed E-state index contributed by atoms with van der Waals surface area (Å²) in [6, 6.07) is 6.55. The fourth-order valence-electron chi connectivity index (χ4n) is 1.85. The highest BCUT2D eigenvalue weighted by molar-refractivity contribution is 5.54. The topological polar surface area (TPSA) is 47.0 Å². The third-order valence-corrected chi connectivity index (χ3v) is 2.76. The molecule has 0 heterocycles. The molecule has 92 valence electrons. The number of rotatable bonds is 6. The van der Waals surface area contributed by atoms with Gasteiger partial charge in [0.2, 0.25) is 0 Å². The standard InChI is InChI=1S/C14H23N.H3N/c1-4-6-11-15-14-10-7-9-12(3)13(14)8-5-2;/h7,9-10,15H,4-6,8,11H2,1-3H3;1H3. The molecule has 0 aromatic heterocycles. The number of hydrogen-bond donors (Lipinski definition) is 2. The first-order valence-corrected chi connectivity index (χ1v) is 6.12. The van der Waals surface area contributed by atoms with Crippen molar-refractivity contribution < 1.29 is 0 Å². The van der Waals surface area contributed by atoms with Crippen LogP contribution in [-0.4, -0.2) is 6.54 Å². The molecular weight excluding hydrogens is 196 g/mol. The summed E-state index contributed by atoms with van der Waals surface area (Å²) in [5.41, 5.74) is 4.25. The van der Waals surface area contributed by atoms with Crippen LogP contribution in [0.2, 0.25) is 0 Å². The summed E-state index contributed by atoms with van der Waals surface area (Å²) >= 11 is 0. The maximum Gasteiger partial charge on any atom is 0.0375 e. The van der Waals surface area contributed by atoms with Crippen molar-refractivity contribution in [3.63, 3.8) is 0 Å². The van der Waals surface area contributed by atoms with E-state index in [4.69, 9.17) is 0 Å². The molecule has 16 heavy (non-hydrogen) atoms. The third-order valence-electron chi connectivity index (χ3n) is 2.76. The number of nitrogens with one attached hydrogen (secondary N) is 1. The summed E-state index contributed by atoms with van der Waals surface area (Å²) in [6.07, 6.45) is 4.90. The molecule has 0 spiro atoms. The molecule has 0 unspecified atom stereocenters. The zero-order chi connectivity index (χ0) is 11.1. The number of aryl methyl sites for hydroxylation is 1. The highest BCUT2D eigenvalue weighted by Crippen LogP contribution is 2.21. The minimum Gasteiger partial charge on any atom is -0.385 e. The second-order valence-corrected chi connectivity index (χ2v) is 4.13. The van der Waals surface area contributed by atoms with Gasteiger partial charge >= 0.3 is 0 Å². The Labute approximate surface area is 100 Å². The summed E-state index contributed by atoms with van der Waals surface area (Å²) in [4.78, 5) is 0. The van der Waals surface area contributed by atoms with Gasteiger partial charge in [-0.15, -0.1) is 0 Å². The van der Waals surface area contributed by atoms with Gasteiger partial charge < -0.3 is 11.5 Å². The van der Waals surface area contributed by atoms with Crippen molar-refractivity contribution in [2.45, 2.75) is 46.5 Å². The van der Waals surface area contributed by atoms with Crippen molar-refractivity contribution in [2.75, 3.05) is 11.9 Å². The molecule has 0 amide bonds. The molecule has 0 bridgehead atoms. The van der Waals surface area contributed by atoms with Crippen molar-refractivity contribution in [2.24, 2.45) is 0 Å². The Balaban J connectivity index is 0.00000225. The van der Waals surface area contributed by atoms with E-state index in [9.17, 15) is 0 Å². The van der Waals surface area contributed by atoms with E-state index in [0.717, 1.165) is 6.54 Å². The first-order valence-electron chi connectivity index (χ1n) is 6.12. The second kappa shape index (κ2) is 8.17. The van der Waals surface area contributed by atoms with Crippen LogP contribution in [0.5, 0.6) is 0 Å². The molecule has 0 atom stereocenters. The Morgan fingerprint density at radius 3 is 2.50 bits per heavy atom. The molecule has 0 saturated carbocycles. The Kier molecular flexibility index (Phi) is 7.65. The van der Waals surface area contributed by atoms with E-state index >= 15 is 0 Å². The van der Waals surface area contributed by atoms with Gasteiger partial charge in [-0.3, -0.25) is 0 Å². The van der Waals surface area contributed by atoms with E-state index in [1.165, 1.54) is 42.5 Å². The van der Waals surface area contributed by atoms with Crippen LogP contribution >= 0.6 is 0 Å². The monoisotopic (exact) mass is 222 g/mol. The summed E-state index contributed by atoms with van der Waals surface area (Å²) in [6.45, 7) is 7.76. The van der Waals surface area contributed by atoms with Crippen LogP contribution in [0, 0.1) is 6.92 Å². The average molecular weight is 222 g/mol. The normalized spacial score (nSPS) is 9.69. The van der Waals surface area contributed by atoms with Gasteiger partial charge in [0.1, 0.15) is 0 Å². The van der Waals surface area contributed by atoms with Crippen LogP contribution in [0.3, 0.4) is 0 Å². The van der Waals surface area contributed by atoms with Crippen molar-refractivity contribution in [3.8, 4) is 0 Å². The Morgan fingerprint density at radius 2 is 1.88 bits per heavy atom. The Hall–Kier alpha value is -1.02. The van der Waals surface area contributed by atoms with Crippen molar-refractivity contribution >= 4 is 5.69 Å². The third kappa shape index (κ3) is 4.23. The van der Waals surface area contributed by atoms with Crippen LogP contribution in [0.1, 0.15) is 44.2 Å². The van der Waals surface area contributed by atoms with Crippen LogP contribution < -0.4 is 11.5 Å². The predicted octanol–water partition coefficient (Wildman–Crippen LogP) is 4.32. The van der Waals surface area contributed by atoms with Crippen molar-refractivity contribution in [1.82, 2.24) is 6.15 Å². The molecule has 0 aliphatic rings. The van der Waals surface area contributed by atoms with Gasteiger partial charge in [0.25, 0.3) is 0 Å². The molecule has 0 fully saturated rings. The average Bonchev–Trinajstić information content (AvgIpc) is 2.23. The molecule has 0 aliphatic carbocycles. The zero-order valence-electron chi connectivity index (χ0n) is 11.0. The first-order chi connectivity index (χ1) is 7.29. The lowest BCUT2D eigenvalue weighted by Gasteiger charge is -2.13. The van der Waals surface area contributed by atoms with Gasteiger partial charge in [-0.05, 0) is 37.0 Å². The summed E-state index contributed by atoms with van der Waals surface area (Å²) in [7, 11) is 0. The van der Waals surface area contributed by atoms with Gasteiger partial charge in [0, 0.05) is 12.2 Å². The zero-order valence-corrected chi connectivity index (χ0v) is 11.0. The predicted molar refractivity (Wildman–Crippen MR) is 73.6 cm³/mol. The number of unbranched alkanes of at least 4 members (excludes halogenated alkanes) is 1. The molecule has 4 N–H and O–H groups in total. The molecule has 0 saturated heterocycles. The number of benzene rings is 1. The van der Waals surface area contributed by atoms with Crippen LogP contribution in [0.4, 0.5) is 5.69 Å². The molecule has 0 radical (unpaired) electrons. The fourth-order valence-corrected chi connectivity index (χ4v) is 1.85. The lowest BCUT2D eigenvalue weighted by atomic mass is 10.0. The van der Waals surface area contributed by atoms with E-state index in [0.29, 0.717) is 0 Å². The minimum absolute atomic E-state index is 0. The van der Waals surface area contributed by atoms with Gasteiger partial charge in [0.15, 0.2) is 0 Å². The maximum atomic E-state index is 3.54. The maximum absolute atomic E-state index is 3.54. The number of anilines is 1. The molecule has 2 heteroatoms. The van der Waals surface area contributed by atoms with Crippen LogP contribution in [-0.2, 0) is 6.42 Å². The van der Waals surface area contributed by atoms with Gasteiger partial charge in [-0.2, -0.15) is 0 Å². The first kappa shape index (κ1) is 15.0. The Morgan fingerprint density at radius 1 is 1.12 bits per heavy atom. The van der Waals surface area contributed by atoms with Crippen molar-refractivity contribution in [1.29, 1.82) is 0 Å². The highest BCUT2D eigenvalue weighted by atomic mass is 14.9. The summed E-state index contributed by atoms with van der Waals surface area (Å²) in [5, 5.41) is 3.54. The lowest BCUT2D eigenvalue weighted by molar-refractivity contribution is 0.830. The van der Waals surface area contributed by atoms with E-state index in [1.807, 2.05) is 0 Å². The van der Waals surface area contributed by atoms with E-state index in [-0.39, 0.29) is 6.15 Å². The number of hydrogen-bond acceptors (Lipinski definition) is 2. The molecule has 0 aliphatic heterocycles. The largest absolute Gasteiger partial charge is 0.385 e. The molecule has 1 aromatic rings. The van der Waals surface area contributed by atoms with Gasteiger partial charge in [-0.1, -0.05) is 38.8 Å². The van der Waals surface area contributed by atoms with E-state index in [2.05, 4.69) is 44.3 Å². The fraction of sp³-hybridized carbons (Fsp3) is 0.571. The quantitative estimate of drug-likeness (QED) is 0.704. The van der Waals surface area contributed by atoms with E-state index < -0.39 is 0 Å². The summed E-state index contributed by atoms with van der Waals surface area (Å²) in [5.74, 6) is 0. The lowest BCUT2D eigenvalue weighted by Crippen LogP contribution is -2.04. The highest BCUT2D eigenvalue weighted by Gasteiger charge is 2.03. The Bertz CT molecular complexity index is 295. The SMILES string of the molecule is CCCCNc1cccc(C)c1CCC.N. The van der Waals surface area contributed by atoms with Crippen LogP contribution in [0.15, 0.2) is 18.2 Å². The second-order valence-electron chi connectivity index (χ2n) is 4.13. The van der Waals surface area contributed by atoms with E-state index in [1.54, 1.807) is 0 Å². The molecule has 2 nitrogen and oxygen atoms in total. The van der Waals surface area contributed by atoms with Crippen molar-refractivity contribution in [3.05, 3.63) is 29.3 Å².